The second-order valence-corrected chi connectivity index (χ2v) is 6.54. The Morgan fingerprint density at radius 3 is 2.83 bits per heavy atom. The van der Waals surface area contributed by atoms with Crippen LogP contribution in [0.2, 0.25) is 0 Å². The topological polar surface area (TPSA) is 38.7 Å². The molecule has 104 valence electrons. The molecule has 0 saturated carbocycles. The number of nitrogens with zero attached hydrogens (tertiary/aromatic N) is 2. The van der Waals surface area contributed by atoms with Crippen LogP contribution in [-0.4, -0.2) is 71.9 Å². The second kappa shape index (κ2) is 5.08. The van der Waals surface area contributed by atoms with Crippen molar-refractivity contribution in [2.24, 2.45) is 0 Å². The number of fused-ring (bicyclic) bond motifs is 1. The van der Waals surface area contributed by atoms with E-state index in [0.29, 0.717) is 6.04 Å². The molecule has 0 aliphatic carbocycles. The van der Waals surface area contributed by atoms with Crippen molar-refractivity contribution in [1.82, 2.24) is 15.1 Å². The minimum atomic E-state index is -0.444. The standard InChI is InChI=1S/C14H27N3O/c1-12-9-16-8-2-3-13(16)10-17(12)11-14(18)4-6-15-7-5-14/h12-13,15,18H,2-11H2,1H3. The molecule has 4 nitrogen and oxygen atoms in total. The van der Waals surface area contributed by atoms with Gasteiger partial charge in [-0.25, -0.2) is 0 Å². The first kappa shape index (κ1) is 12.9. The molecule has 18 heavy (non-hydrogen) atoms. The summed E-state index contributed by atoms with van der Waals surface area (Å²) in [6.07, 6.45) is 4.53. The van der Waals surface area contributed by atoms with E-state index in [1.54, 1.807) is 0 Å². The average Bonchev–Trinajstić information content (AvgIpc) is 2.77. The van der Waals surface area contributed by atoms with Crippen molar-refractivity contribution < 1.29 is 5.11 Å². The molecule has 0 aromatic rings. The number of piperazine rings is 1. The third kappa shape index (κ3) is 2.57. The van der Waals surface area contributed by atoms with Gasteiger partial charge in [-0.15, -0.1) is 0 Å². The van der Waals surface area contributed by atoms with Gasteiger partial charge in [-0.05, 0) is 52.2 Å². The highest BCUT2D eigenvalue weighted by atomic mass is 16.3. The Morgan fingerprint density at radius 2 is 2.06 bits per heavy atom. The van der Waals surface area contributed by atoms with Crippen LogP contribution in [0, 0.1) is 0 Å². The molecular weight excluding hydrogens is 226 g/mol. The van der Waals surface area contributed by atoms with Crippen LogP contribution in [0.15, 0.2) is 0 Å². The van der Waals surface area contributed by atoms with Crippen molar-refractivity contribution in [1.29, 1.82) is 0 Å². The fraction of sp³-hybridized carbons (Fsp3) is 1.00. The molecule has 0 aromatic carbocycles. The predicted molar refractivity (Wildman–Crippen MR) is 72.7 cm³/mol. The van der Waals surface area contributed by atoms with Crippen LogP contribution in [0.1, 0.15) is 32.6 Å². The van der Waals surface area contributed by atoms with Crippen LogP contribution in [0.3, 0.4) is 0 Å². The van der Waals surface area contributed by atoms with E-state index in [2.05, 4.69) is 22.0 Å². The number of piperidine rings is 1. The summed E-state index contributed by atoms with van der Waals surface area (Å²) in [5.74, 6) is 0. The first-order valence-corrected chi connectivity index (χ1v) is 7.57. The molecule has 3 aliphatic heterocycles. The van der Waals surface area contributed by atoms with Gasteiger partial charge in [0.1, 0.15) is 0 Å². The fourth-order valence-electron chi connectivity index (χ4n) is 3.90. The van der Waals surface area contributed by atoms with Crippen LogP contribution < -0.4 is 5.32 Å². The first-order chi connectivity index (χ1) is 8.66. The van der Waals surface area contributed by atoms with E-state index in [4.69, 9.17) is 0 Å². The summed E-state index contributed by atoms with van der Waals surface area (Å²) < 4.78 is 0. The van der Waals surface area contributed by atoms with Crippen LogP contribution in [0.4, 0.5) is 0 Å². The van der Waals surface area contributed by atoms with E-state index in [1.165, 1.54) is 25.9 Å². The van der Waals surface area contributed by atoms with Gasteiger partial charge in [0.2, 0.25) is 0 Å². The number of hydrogen-bond acceptors (Lipinski definition) is 4. The molecule has 0 bridgehead atoms. The monoisotopic (exact) mass is 253 g/mol. The van der Waals surface area contributed by atoms with Crippen molar-refractivity contribution in [2.75, 3.05) is 39.3 Å². The Kier molecular flexibility index (Phi) is 3.63. The lowest BCUT2D eigenvalue weighted by molar-refractivity contribution is -0.0502. The average molecular weight is 253 g/mol. The molecule has 0 aromatic heterocycles. The second-order valence-electron chi connectivity index (χ2n) is 6.54. The minimum absolute atomic E-state index is 0.444. The van der Waals surface area contributed by atoms with Crippen LogP contribution in [0.5, 0.6) is 0 Å². The first-order valence-electron chi connectivity index (χ1n) is 7.57. The fourth-order valence-corrected chi connectivity index (χ4v) is 3.90. The normalized spacial score (nSPS) is 37.7. The maximum atomic E-state index is 10.7. The zero-order chi connectivity index (χ0) is 12.6. The Hall–Kier alpha value is -0.160. The Balaban J connectivity index is 1.61. The highest BCUT2D eigenvalue weighted by molar-refractivity contribution is 4.95. The molecule has 3 heterocycles. The van der Waals surface area contributed by atoms with Gasteiger partial charge in [0.25, 0.3) is 0 Å². The molecule has 0 radical (unpaired) electrons. The summed E-state index contributed by atoms with van der Waals surface area (Å²) in [6.45, 7) is 8.77. The van der Waals surface area contributed by atoms with Gasteiger partial charge >= 0.3 is 0 Å². The predicted octanol–water partition coefficient (Wildman–Crippen LogP) is 0.269. The molecular formula is C14H27N3O. The maximum absolute atomic E-state index is 10.7. The number of rotatable bonds is 2. The lowest BCUT2D eigenvalue weighted by Gasteiger charge is -2.46. The van der Waals surface area contributed by atoms with Gasteiger partial charge in [0, 0.05) is 31.7 Å². The maximum Gasteiger partial charge on any atom is 0.0798 e. The largest absolute Gasteiger partial charge is 0.388 e. The molecule has 0 amide bonds. The third-order valence-corrected chi connectivity index (χ3v) is 5.10. The number of β-amino-alcohol motifs (C(OH)–C–C–N with tert-alkyl or cyclic N) is 1. The molecule has 2 N–H and O–H groups in total. The third-order valence-electron chi connectivity index (χ3n) is 5.10. The summed E-state index contributed by atoms with van der Waals surface area (Å²) in [7, 11) is 0. The molecule has 3 rings (SSSR count). The van der Waals surface area contributed by atoms with Gasteiger partial charge < -0.3 is 10.4 Å². The van der Waals surface area contributed by atoms with E-state index in [1.807, 2.05) is 0 Å². The lowest BCUT2D eigenvalue weighted by atomic mass is 9.90. The van der Waals surface area contributed by atoms with E-state index in [9.17, 15) is 5.11 Å². The van der Waals surface area contributed by atoms with Gasteiger partial charge in [0.05, 0.1) is 5.60 Å². The molecule has 3 aliphatic rings. The van der Waals surface area contributed by atoms with Gasteiger partial charge in [-0.1, -0.05) is 0 Å². The summed E-state index contributed by atoms with van der Waals surface area (Å²) in [4.78, 5) is 5.19. The zero-order valence-electron chi connectivity index (χ0n) is 11.6. The van der Waals surface area contributed by atoms with Crippen LogP contribution >= 0.6 is 0 Å². The van der Waals surface area contributed by atoms with Gasteiger partial charge in [-0.2, -0.15) is 0 Å². The van der Waals surface area contributed by atoms with Crippen molar-refractivity contribution >= 4 is 0 Å². The summed E-state index contributed by atoms with van der Waals surface area (Å²) in [6, 6.07) is 1.35. The van der Waals surface area contributed by atoms with Crippen molar-refractivity contribution in [3.05, 3.63) is 0 Å². The Morgan fingerprint density at radius 1 is 1.28 bits per heavy atom. The zero-order valence-corrected chi connectivity index (χ0v) is 11.6. The lowest BCUT2D eigenvalue weighted by Crippen LogP contribution is -2.59. The number of nitrogens with one attached hydrogen (secondary N) is 1. The Bertz CT molecular complexity index is 291. The van der Waals surface area contributed by atoms with Gasteiger partial charge in [-0.3, -0.25) is 9.80 Å². The van der Waals surface area contributed by atoms with E-state index in [-0.39, 0.29) is 0 Å². The summed E-state index contributed by atoms with van der Waals surface area (Å²) in [5.41, 5.74) is -0.444. The highest BCUT2D eigenvalue weighted by Crippen LogP contribution is 2.27. The van der Waals surface area contributed by atoms with Crippen molar-refractivity contribution in [2.45, 2.75) is 50.3 Å². The van der Waals surface area contributed by atoms with Crippen molar-refractivity contribution in [3.8, 4) is 0 Å². The Labute approximate surface area is 110 Å². The molecule has 2 atom stereocenters. The minimum Gasteiger partial charge on any atom is -0.388 e. The SMILES string of the molecule is CC1CN2CCCC2CN1CC1(O)CCNCC1. The van der Waals surface area contributed by atoms with Crippen LogP contribution in [0.25, 0.3) is 0 Å². The highest BCUT2D eigenvalue weighted by Gasteiger charge is 2.38. The quantitative estimate of drug-likeness (QED) is 0.741. The van der Waals surface area contributed by atoms with Crippen molar-refractivity contribution in [3.63, 3.8) is 0 Å². The van der Waals surface area contributed by atoms with E-state index < -0.39 is 5.60 Å². The van der Waals surface area contributed by atoms with Crippen LogP contribution in [-0.2, 0) is 0 Å². The number of hydrogen-bond donors (Lipinski definition) is 2. The molecule has 3 fully saturated rings. The summed E-state index contributed by atoms with van der Waals surface area (Å²) >= 11 is 0. The molecule has 3 saturated heterocycles. The molecule has 2 unspecified atom stereocenters. The van der Waals surface area contributed by atoms with E-state index >= 15 is 0 Å². The summed E-state index contributed by atoms with van der Waals surface area (Å²) in [5, 5.41) is 14.0. The smallest absolute Gasteiger partial charge is 0.0798 e. The molecule has 4 heteroatoms. The van der Waals surface area contributed by atoms with E-state index in [0.717, 1.165) is 45.1 Å². The van der Waals surface area contributed by atoms with Gasteiger partial charge in [0.15, 0.2) is 0 Å². The number of aliphatic hydroxyl groups is 1. The molecule has 0 spiro atoms.